The van der Waals surface area contributed by atoms with Crippen LogP contribution in [-0.4, -0.2) is 35.1 Å². The smallest absolute Gasteiger partial charge is 0.343 e. The second-order valence-electron chi connectivity index (χ2n) is 4.91. The molecule has 1 heterocycles. The number of amides is 1. The third-order valence-electron chi connectivity index (χ3n) is 3.29. The Morgan fingerprint density at radius 2 is 2.05 bits per heavy atom. The lowest BCUT2D eigenvalue weighted by Gasteiger charge is -2.21. The van der Waals surface area contributed by atoms with Crippen molar-refractivity contribution in [3.05, 3.63) is 29.3 Å². The van der Waals surface area contributed by atoms with Gasteiger partial charge in [-0.15, -0.1) is 11.3 Å². The highest BCUT2D eigenvalue weighted by atomic mass is 32.1. The van der Waals surface area contributed by atoms with Crippen LogP contribution in [-0.2, 0) is 11.2 Å². The molecule has 0 unspecified atom stereocenters. The number of carbonyl (C=O) groups is 1. The molecule has 0 N–H and O–H groups in total. The summed E-state index contributed by atoms with van der Waals surface area (Å²) in [5, 5.41) is 0.835. The Hall–Kier alpha value is -1.63. The van der Waals surface area contributed by atoms with Gasteiger partial charge in [0.25, 0.3) is 0 Å². The summed E-state index contributed by atoms with van der Waals surface area (Å²) >= 11 is 1.51. The Morgan fingerprint density at radius 3 is 2.68 bits per heavy atom. The number of benzene rings is 1. The summed E-state index contributed by atoms with van der Waals surface area (Å²) in [6.45, 7) is 1.69. The van der Waals surface area contributed by atoms with E-state index in [1.165, 1.54) is 16.2 Å². The summed E-state index contributed by atoms with van der Waals surface area (Å²) in [5.74, 6) is -0.258. The molecule has 0 fully saturated rings. The fraction of sp³-hybridized carbons (Fsp3) is 0.467. The largest absolute Gasteiger partial charge is 0.390 e. The van der Waals surface area contributed by atoms with Gasteiger partial charge in [0.05, 0.1) is 21.6 Å². The summed E-state index contributed by atoms with van der Waals surface area (Å²) in [6.07, 6.45) is -4.55. The summed E-state index contributed by atoms with van der Waals surface area (Å²) in [5.41, 5.74) is 0.888. The maximum Gasteiger partial charge on any atom is 0.390 e. The van der Waals surface area contributed by atoms with Gasteiger partial charge in [0.1, 0.15) is 0 Å². The predicted octanol–water partition coefficient (Wildman–Crippen LogP) is 4.03. The molecule has 0 saturated carbocycles. The highest BCUT2D eigenvalue weighted by Gasteiger charge is 2.28. The van der Waals surface area contributed by atoms with Crippen molar-refractivity contribution in [1.29, 1.82) is 0 Å². The van der Waals surface area contributed by atoms with Crippen molar-refractivity contribution in [2.45, 2.75) is 32.4 Å². The molecule has 3 nitrogen and oxygen atoms in total. The number of thiazole rings is 1. The summed E-state index contributed by atoms with van der Waals surface area (Å²) < 4.78 is 37.8. The average molecular weight is 330 g/mol. The first-order chi connectivity index (χ1) is 10.4. The summed E-state index contributed by atoms with van der Waals surface area (Å²) in [6, 6.07) is 7.68. The quantitative estimate of drug-likeness (QED) is 0.801. The Morgan fingerprint density at radius 1 is 1.32 bits per heavy atom. The number of carbonyl (C=O) groups excluding carboxylic acids is 1. The monoisotopic (exact) mass is 330 g/mol. The number of nitrogens with zero attached hydrogens (tertiary/aromatic N) is 2. The molecule has 1 amide bonds. The van der Waals surface area contributed by atoms with Crippen molar-refractivity contribution in [2.75, 3.05) is 13.1 Å². The van der Waals surface area contributed by atoms with Crippen LogP contribution in [0.5, 0.6) is 0 Å². The van der Waals surface area contributed by atoms with E-state index in [9.17, 15) is 18.0 Å². The molecule has 120 valence electrons. The number of hydrogen-bond acceptors (Lipinski definition) is 3. The van der Waals surface area contributed by atoms with Gasteiger partial charge >= 0.3 is 6.18 Å². The molecule has 0 aliphatic rings. The number of aryl methyl sites for hydroxylation is 1. The van der Waals surface area contributed by atoms with Crippen molar-refractivity contribution < 1.29 is 18.0 Å². The van der Waals surface area contributed by atoms with Gasteiger partial charge in [-0.1, -0.05) is 12.1 Å². The number of halogens is 3. The predicted molar refractivity (Wildman–Crippen MR) is 80.9 cm³/mol. The lowest BCUT2D eigenvalue weighted by atomic mass is 10.2. The van der Waals surface area contributed by atoms with Crippen LogP contribution >= 0.6 is 11.3 Å². The molecule has 0 aliphatic heterocycles. The van der Waals surface area contributed by atoms with E-state index in [4.69, 9.17) is 0 Å². The minimum absolute atomic E-state index is 0.186. The van der Waals surface area contributed by atoms with E-state index in [2.05, 4.69) is 4.98 Å². The minimum atomic E-state index is -4.24. The van der Waals surface area contributed by atoms with Crippen LogP contribution in [0.1, 0.15) is 24.8 Å². The van der Waals surface area contributed by atoms with E-state index in [0.29, 0.717) is 6.42 Å². The third kappa shape index (κ3) is 4.69. The zero-order valence-electron chi connectivity index (χ0n) is 12.2. The van der Waals surface area contributed by atoms with Gasteiger partial charge in [0.2, 0.25) is 5.91 Å². The van der Waals surface area contributed by atoms with Crippen LogP contribution in [0.4, 0.5) is 13.2 Å². The topological polar surface area (TPSA) is 33.2 Å². The van der Waals surface area contributed by atoms with Gasteiger partial charge < -0.3 is 4.90 Å². The lowest BCUT2D eigenvalue weighted by Crippen LogP contribution is -2.34. The number of para-hydroxylation sites is 1. The Kier molecular flexibility index (Phi) is 5.39. The Balaban J connectivity index is 1.90. The van der Waals surface area contributed by atoms with Crippen molar-refractivity contribution in [3.63, 3.8) is 0 Å². The van der Waals surface area contributed by atoms with Gasteiger partial charge in [0, 0.05) is 25.9 Å². The molecule has 22 heavy (non-hydrogen) atoms. The molecule has 0 aliphatic carbocycles. The molecule has 1 aromatic carbocycles. The van der Waals surface area contributed by atoms with Crippen LogP contribution in [0.15, 0.2) is 24.3 Å². The molecular formula is C15H17F3N2OS. The zero-order chi connectivity index (χ0) is 16.2. The van der Waals surface area contributed by atoms with Crippen LogP contribution in [0.2, 0.25) is 0 Å². The maximum atomic E-state index is 12.2. The van der Waals surface area contributed by atoms with E-state index in [1.807, 2.05) is 24.3 Å². The molecule has 7 heteroatoms. The van der Waals surface area contributed by atoms with Crippen molar-refractivity contribution in [3.8, 4) is 0 Å². The molecule has 0 saturated heterocycles. The van der Waals surface area contributed by atoms with Crippen molar-refractivity contribution in [1.82, 2.24) is 9.88 Å². The van der Waals surface area contributed by atoms with E-state index < -0.39 is 12.6 Å². The van der Waals surface area contributed by atoms with E-state index >= 15 is 0 Å². The van der Waals surface area contributed by atoms with Crippen LogP contribution in [0.25, 0.3) is 10.2 Å². The molecule has 0 spiro atoms. The molecule has 0 bridgehead atoms. The molecule has 2 aromatic rings. The minimum Gasteiger partial charge on any atom is -0.343 e. The van der Waals surface area contributed by atoms with Crippen LogP contribution < -0.4 is 0 Å². The fourth-order valence-corrected chi connectivity index (χ4v) is 3.09. The Labute approximate surface area is 130 Å². The highest BCUT2D eigenvalue weighted by molar-refractivity contribution is 7.18. The molecule has 2 rings (SSSR count). The number of aromatic nitrogens is 1. The Bertz CT molecular complexity index is 606. The summed E-state index contributed by atoms with van der Waals surface area (Å²) in [7, 11) is 0. The number of hydrogen-bond donors (Lipinski definition) is 0. The first-order valence-corrected chi connectivity index (χ1v) is 7.89. The van der Waals surface area contributed by atoms with E-state index in [0.717, 1.165) is 15.2 Å². The number of alkyl halides is 3. The van der Waals surface area contributed by atoms with Gasteiger partial charge in [-0.25, -0.2) is 4.98 Å². The standard InChI is InChI=1S/C15H17F3N2OS/c1-2-20(10-9-15(16,17)18)14(21)8-7-13-19-11-5-3-4-6-12(11)22-13/h3-6H,2,7-10H2,1H3. The fourth-order valence-electron chi connectivity index (χ4n) is 2.12. The third-order valence-corrected chi connectivity index (χ3v) is 4.39. The maximum absolute atomic E-state index is 12.2. The van der Waals surface area contributed by atoms with Gasteiger partial charge in [0.15, 0.2) is 0 Å². The highest BCUT2D eigenvalue weighted by Crippen LogP contribution is 2.23. The number of rotatable bonds is 6. The first-order valence-electron chi connectivity index (χ1n) is 7.08. The van der Waals surface area contributed by atoms with Gasteiger partial charge in [-0.2, -0.15) is 13.2 Å². The SMILES string of the molecule is CCN(CCC(F)(F)F)C(=O)CCc1nc2ccccc2s1. The van der Waals surface area contributed by atoms with Gasteiger partial charge in [-0.3, -0.25) is 4.79 Å². The number of fused-ring (bicyclic) bond motifs is 1. The molecule has 1 aromatic heterocycles. The average Bonchev–Trinajstić information content (AvgIpc) is 2.87. The zero-order valence-corrected chi connectivity index (χ0v) is 13.0. The van der Waals surface area contributed by atoms with Crippen LogP contribution in [0.3, 0.4) is 0 Å². The molecule has 0 radical (unpaired) electrons. The van der Waals surface area contributed by atoms with Crippen molar-refractivity contribution in [2.24, 2.45) is 0 Å². The second-order valence-corrected chi connectivity index (χ2v) is 6.03. The van der Waals surface area contributed by atoms with Crippen molar-refractivity contribution >= 4 is 27.5 Å². The molecular weight excluding hydrogens is 313 g/mol. The second kappa shape index (κ2) is 7.09. The molecule has 0 atom stereocenters. The van der Waals surface area contributed by atoms with Crippen LogP contribution in [0, 0.1) is 0 Å². The lowest BCUT2D eigenvalue weighted by molar-refractivity contribution is -0.145. The van der Waals surface area contributed by atoms with E-state index in [-0.39, 0.29) is 25.4 Å². The van der Waals surface area contributed by atoms with E-state index in [1.54, 1.807) is 6.92 Å². The van der Waals surface area contributed by atoms with Gasteiger partial charge in [-0.05, 0) is 19.1 Å². The normalized spacial score (nSPS) is 11.8. The first kappa shape index (κ1) is 16.7. The summed E-state index contributed by atoms with van der Waals surface area (Å²) in [4.78, 5) is 17.7.